The monoisotopic (exact) mass is 300 g/mol. The summed E-state index contributed by atoms with van der Waals surface area (Å²) in [6, 6.07) is 3.63. The second kappa shape index (κ2) is 5.79. The van der Waals surface area contributed by atoms with E-state index in [0.717, 1.165) is 24.8 Å². The highest BCUT2D eigenvalue weighted by molar-refractivity contribution is 7.89. The van der Waals surface area contributed by atoms with Crippen LogP contribution in [0.1, 0.15) is 31.7 Å². The number of benzene rings is 1. The lowest BCUT2D eigenvalue weighted by atomic mass is 10.00. The van der Waals surface area contributed by atoms with Gasteiger partial charge >= 0.3 is 0 Å². The SMILES string of the molecule is Cc1ccc(F)c(S(=O)(=O)N2CCCC[C@H]2[C@@H](C)N)c1. The summed E-state index contributed by atoms with van der Waals surface area (Å²) in [5.74, 6) is -0.704. The first kappa shape index (κ1) is 15.4. The molecule has 0 aromatic heterocycles. The van der Waals surface area contributed by atoms with Gasteiger partial charge in [0.05, 0.1) is 0 Å². The highest BCUT2D eigenvalue weighted by atomic mass is 32.2. The van der Waals surface area contributed by atoms with Crippen LogP contribution < -0.4 is 5.73 Å². The molecule has 1 saturated heterocycles. The fraction of sp³-hybridized carbons (Fsp3) is 0.571. The van der Waals surface area contributed by atoms with Gasteiger partial charge < -0.3 is 5.73 Å². The molecule has 6 heteroatoms. The topological polar surface area (TPSA) is 63.4 Å². The summed E-state index contributed by atoms with van der Waals surface area (Å²) in [7, 11) is -3.83. The molecule has 1 aromatic carbocycles. The Morgan fingerprint density at radius 3 is 2.75 bits per heavy atom. The minimum absolute atomic E-state index is 0.245. The van der Waals surface area contributed by atoms with Gasteiger partial charge in [0.1, 0.15) is 10.7 Å². The summed E-state index contributed by atoms with van der Waals surface area (Å²) < 4.78 is 40.7. The van der Waals surface area contributed by atoms with Crippen molar-refractivity contribution in [2.75, 3.05) is 6.54 Å². The highest BCUT2D eigenvalue weighted by Gasteiger charge is 2.36. The van der Waals surface area contributed by atoms with Crippen LogP contribution in [0.4, 0.5) is 4.39 Å². The van der Waals surface area contributed by atoms with Crippen molar-refractivity contribution in [2.24, 2.45) is 5.73 Å². The molecule has 2 rings (SSSR count). The van der Waals surface area contributed by atoms with Crippen molar-refractivity contribution in [3.05, 3.63) is 29.6 Å². The maximum Gasteiger partial charge on any atom is 0.246 e. The molecule has 4 nitrogen and oxygen atoms in total. The minimum Gasteiger partial charge on any atom is -0.326 e. The van der Waals surface area contributed by atoms with Gasteiger partial charge in [-0.05, 0) is 44.4 Å². The fourth-order valence-corrected chi connectivity index (χ4v) is 4.61. The Bertz CT molecular complexity index is 587. The van der Waals surface area contributed by atoms with Gasteiger partial charge in [-0.15, -0.1) is 0 Å². The molecular formula is C14H21FN2O2S. The van der Waals surface area contributed by atoms with Crippen molar-refractivity contribution in [1.29, 1.82) is 0 Å². The van der Waals surface area contributed by atoms with Gasteiger partial charge in [-0.25, -0.2) is 12.8 Å². The van der Waals surface area contributed by atoms with Crippen molar-refractivity contribution in [1.82, 2.24) is 4.31 Å². The maximum atomic E-state index is 13.9. The molecule has 1 aromatic rings. The molecule has 1 heterocycles. The molecule has 0 radical (unpaired) electrons. The van der Waals surface area contributed by atoms with Crippen LogP contribution in [0.3, 0.4) is 0 Å². The minimum atomic E-state index is -3.83. The number of hydrogen-bond acceptors (Lipinski definition) is 3. The van der Waals surface area contributed by atoms with Crippen LogP contribution in [0.15, 0.2) is 23.1 Å². The van der Waals surface area contributed by atoms with Crippen molar-refractivity contribution in [3.8, 4) is 0 Å². The summed E-state index contributed by atoms with van der Waals surface area (Å²) in [6.45, 7) is 3.95. The van der Waals surface area contributed by atoms with Crippen LogP contribution in [0, 0.1) is 12.7 Å². The standard InChI is InChI=1S/C14H21FN2O2S/c1-10-6-7-12(15)14(9-10)20(18,19)17-8-4-3-5-13(17)11(2)16/h6-7,9,11,13H,3-5,8,16H2,1-2H3/t11-,13+/m1/s1. The van der Waals surface area contributed by atoms with E-state index in [1.54, 1.807) is 19.9 Å². The van der Waals surface area contributed by atoms with E-state index in [4.69, 9.17) is 5.73 Å². The van der Waals surface area contributed by atoms with Gasteiger partial charge in [0.25, 0.3) is 0 Å². The van der Waals surface area contributed by atoms with E-state index in [-0.39, 0.29) is 17.0 Å². The molecule has 112 valence electrons. The predicted molar refractivity (Wildman–Crippen MR) is 76.3 cm³/mol. The highest BCUT2D eigenvalue weighted by Crippen LogP contribution is 2.28. The number of halogens is 1. The molecular weight excluding hydrogens is 279 g/mol. The molecule has 0 saturated carbocycles. The smallest absolute Gasteiger partial charge is 0.246 e. The molecule has 0 amide bonds. The first-order chi connectivity index (χ1) is 9.34. The maximum absolute atomic E-state index is 13.9. The summed E-state index contributed by atoms with van der Waals surface area (Å²) in [5, 5.41) is 0. The van der Waals surface area contributed by atoms with Crippen LogP contribution in [-0.2, 0) is 10.0 Å². The van der Waals surface area contributed by atoms with Gasteiger partial charge in [-0.3, -0.25) is 0 Å². The molecule has 20 heavy (non-hydrogen) atoms. The largest absolute Gasteiger partial charge is 0.326 e. The van der Waals surface area contributed by atoms with Gasteiger partial charge in [0.15, 0.2) is 0 Å². The second-order valence-corrected chi connectivity index (χ2v) is 7.33. The molecule has 2 N–H and O–H groups in total. The molecule has 1 aliphatic rings. The van der Waals surface area contributed by atoms with Crippen LogP contribution in [0.25, 0.3) is 0 Å². The zero-order valence-corrected chi connectivity index (χ0v) is 12.7. The average Bonchev–Trinajstić information content (AvgIpc) is 2.41. The third-order valence-corrected chi connectivity index (χ3v) is 5.72. The Hall–Kier alpha value is -0.980. The number of piperidine rings is 1. The first-order valence-electron chi connectivity index (χ1n) is 6.87. The lowest BCUT2D eigenvalue weighted by Crippen LogP contribution is -2.51. The van der Waals surface area contributed by atoms with E-state index in [1.807, 2.05) is 0 Å². The normalized spacial score (nSPS) is 22.7. The summed E-state index contributed by atoms with van der Waals surface area (Å²) in [5.41, 5.74) is 6.62. The lowest BCUT2D eigenvalue weighted by Gasteiger charge is -2.36. The summed E-state index contributed by atoms with van der Waals surface area (Å²) in [6.07, 6.45) is 2.47. The summed E-state index contributed by atoms with van der Waals surface area (Å²) >= 11 is 0. The van der Waals surface area contributed by atoms with E-state index >= 15 is 0 Å². The Morgan fingerprint density at radius 2 is 2.10 bits per heavy atom. The molecule has 0 bridgehead atoms. The third-order valence-electron chi connectivity index (χ3n) is 3.78. The molecule has 2 atom stereocenters. The number of nitrogens with zero attached hydrogens (tertiary/aromatic N) is 1. The van der Waals surface area contributed by atoms with Crippen LogP contribution in [-0.4, -0.2) is 31.4 Å². The molecule has 0 aliphatic carbocycles. The van der Waals surface area contributed by atoms with Gasteiger partial charge in [0.2, 0.25) is 10.0 Å². The average molecular weight is 300 g/mol. The fourth-order valence-electron chi connectivity index (χ4n) is 2.69. The van der Waals surface area contributed by atoms with Crippen LogP contribution in [0.2, 0.25) is 0 Å². The number of nitrogens with two attached hydrogens (primary N) is 1. The van der Waals surface area contributed by atoms with Crippen LogP contribution in [0.5, 0.6) is 0 Å². The van der Waals surface area contributed by atoms with E-state index < -0.39 is 15.8 Å². The van der Waals surface area contributed by atoms with Crippen molar-refractivity contribution < 1.29 is 12.8 Å². The molecule has 1 fully saturated rings. The number of hydrogen-bond donors (Lipinski definition) is 1. The van der Waals surface area contributed by atoms with Gasteiger partial charge in [-0.1, -0.05) is 12.5 Å². The van der Waals surface area contributed by atoms with Crippen molar-refractivity contribution >= 4 is 10.0 Å². The van der Waals surface area contributed by atoms with Crippen molar-refractivity contribution in [2.45, 2.75) is 50.1 Å². The number of aryl methyl sites for hydroxylation is 1. The van der Waals surface area contributed by atoms with Gasteiger partial charge in [-0.2, -0.15) is 4.31 Å². The third kappa shape index (κ3) is 2.87. The molecule has 1 aliphatic heterocycles. The molecule has 0 unspecified atom stereocenters. The lowest BCUT2D eigenvalue weighted by molar-refractivity contribution is 0.226. The van der Waals surface area contributed by atoms with E-state index in [2.05, 4.69) is 0 Å². The second-order valence-electron chi connectivity index (χ2n) is 5.47. The Kier molecular flexibility index (Phi) is 4.46. The van der Waals surface area contributed by atoms with Crippen molar-refractivity contribution in [3.63, 3.8) is 0 Å². The Labute approximate surface area is 119 Å². The van der Waals surface area contributed by atoms with E-state index in [1.165, 1.54) is 16.4 Å². The number of sulfonamides is 1. The Balaban J connectivity index is 2.45. The zero-order valence-electron chi connectivity index (χ0n) is 11.8. The first-order valence-corrected chi connectivity index (χ1v) is 8.31. The Morgan fingerprint density at radius 1 is 1.40 bits per heavy atom. The quantitative estimate of drug-likeness (QED) is 0.929. The van der Waals surface area contributed by atoms with E-state index in [9.17, 15) is 12.8 Å². The van der Waals surface area contributed by atoms with Crippen LogP contribution >= 0.6 is 0 Å². The van der Waals surface area contributed by atoms with E-state index in [0.29, 0.717) is 6.54 Å². The predicted octanol–water partition coefficient (Wildman–Crippen LogP) is 2.02. The zero-order chi connectivity index (χ0) is 14.9. The summed E-state index contributed by atoms with van der Waals surface area (Å²) in [4.78, 5) is -0.245. The molecule has 0 spiro atoms. The van der Waals surface area contributed by atoms with Gasteiger partial charge in [0, 0.05) is 18.6 Å². The number of rotatable bonds is 3.